The Labute approximate surface area is 99.4 Å². The Hall–Kier alpha value is -1.85. The average Bonchev–Trinajstić information content (AvgIpc) is 2.62. The Balaban J connectivity index is 1.94. The molecule has 0 aromatic carbocycles. The SMILES string of the molecule is CC1CC(=O)N(CCn2ccc(N)n2)C(=O)C1. The zero-order valence-corrected chi connectivity index (χ0v) is 9.80. The molecule has 2 rings (SSSR count). The summed E-state index contributed by atoms with van der Waals surface area (Å²) in [5, 5.41) is 4.01. The van der Waals surface area contributed by atoms with Crippen molar-refractivity contribution in [3.05, 3.63) is 12.3 Å². The molecule has 17 heavy (non-hydrogen) atoms. The van der Waals surface area contributed by atoms with Crippen LogP contribution in [0.25, 0.3) is 0 Å². The second-order valence-electron chi connectivity index (χ2n) is 4.46. The maximum absolute atomic E-state index is 11.7. The molecule has 6 heteroatoms. The van der Waals surface area contributed by atoms with E-state index in [1.165, 1.54) is 4.90 Å². The molecule has 1 fully saturated rings. The van der Waals surface area contributed by atoms with Crippen molar-refractivity contribution in [3.63, 3.8) is 0 Å². The van der Waals surface area contributed by atoms with Crippen LogP contribution in [0.2, 0.25) is 0 Å². The summed E-state index contributed by atoms with van der Waals surface area (Å²) < 4.78 is 1.63. The first kappa shape index (κ1) is 11.6. The summed E-state index contributed by atoms with van der Waals surface area (Å²) in [5.41, 5.74) is 5.48. The van der Waals surface area contributed by atoms with Crippen molar-refractivity contribution < 1.29 is 9.59 Å². The summed E-state index contributed by atoms with van der Waals surface area (Å²) in [7, 11) is 0. The summed E-state index contributed by atoms with van der Waals surface area (Å²) in [6.45, 7) is 2.77. The second kappa shape index (κ2) is 4.57. The first-order chi connectivity index (χ1) is 8.06. The van der Waals surface area contributed by atoms with Crippen LogP contribution in [0.15, 0.2) is 12.3 Å². The normalized spacial score (nSPS) is 17.8. The standard InChI is InChI=1S/C11H16N4O2/c1-8-6-10(16)15(11(17)7-8)5-4-14-3-2-9(12)13-14/h2-3,8H,4-7H2,1H3,(H2,12,13). The molecule has 2 amide bonds. The van der Waals surface area contributed by atoms with E-state index in [1.807, 2.05) is 6.92 Å². The van der Waals surface area contributed by atoms with E-state index in [-0.39, 0.29) is 17.7 Å². The Kier molecular flexibility index (Phi) is 3.12. The van der Waals surface area contributed by atoms with Crippen molar-refractivity contribution in [1.29, 1.82) is 0 Å². The van der Waals surface area contributed by atoms with Crippen molar-refractivity contribution >= 4 is 17.6 Å². The van der Waals surface area contributed by atoms with E-state index in [0.29, 0.717) is 31.7 Å². The molecule has 0 bridgehead atoms. The molecule has 6 nitrogen and oxygen atoms in total. The van der Waals surface area contributed by atoms with Gasteiger partial charge in [0.05, 0.1) is 6.54 Å². The lowest BCUT2D eigenvalue weighted by Crippen LogP contribution is -2.44. The van der Waals surface area contributed by atoms with Crippen molar-refractivity contribution in [1.82, 2.24) is 14.7 Å². The lowest BCUT2D eigenvalue weighted by atomic mass is 9.98. The van der Waals surface area contributed by atoms with Crippen LogP contribution >= 0.6 is 0 Å². The number of piperidine rings is 1. The number of nitrogen functional groups attached to an aromatic ring is 1. The number of nitrogens with zero attached hydrogens (tertiary/aromatic N) is 3. The van der Waals surface area contributed by atoms with Gasteiger partial charge in [0, 0.05) is 25.6 Å². The van der Waals surface area contributed by atoms with E-state index in [0.717, 1.165) is 0 Å². The topological polar surface area (TPSA) is 81.2 Å². The van der Waals surface area contributed by atoms with Crippen molar-refractivity contribution in [2.24, 2.45) is 5.92 Å². The van der Waals surface area contributed by atoms with Gasteiger partial charge in [-0.25, -0.2) is 0 Å². The molecule has 1 aliphatic heterocycles. The quantitative estimate of drug-likeness (QED) is 0.763. The lowest BCUT2D eigenvalue weighted by molar-refractivity contribution is -0.149. The summed E-state index contributed by atoms with van der Waals surface area (Å²) in [4.78, 5) is 24.7. The number of anilines is 1. The van der Waals surface area contributed by atoms with Gasteiger partial charge >= 0.3 is 0 Å². The molecule has 1 aliphatic rings. The van der Waals surface area contributed by atoms with Crippen molar-refractivity contribution in [2.75, 3.05) is 12.3 Å². The van der Waals surface area contributed by atoms with Gasteiger partial charge in [0.25, 0.3) is 0 Å². The van der Waals surface area contributed by atoms with Gasteiger partial charge in [-0.3, -0.25) is 19.2 Å². The van der Waals surface area contributed by atoms with Crippen LogP contribution in [0.3, 0.4) is 0 Å². The largest absolute Gasteiger partial charge is 0.382 e. The third-order valence-electron chi connectivity index (χ3n) is 2.86. The Morgan fingerprint density at radius 2 is 2.00 bits per heavy atom. The van der Waals surface area contributed by atoms with Gasteiger partial charge in [0.15, 0.2) is 0 Å². The molecule has 2 heterocycles. The van der Waals surface area contributed by atoms with E-state index in [1.54, 1.807) is 16.9 Å². The second-order valence-corrected chi connectivity index (χ2v) is 4.46. The molecule has 0 aliphatic carbocycles. The van der Waals surface area contributed by atoms with Crippen LogP contribution < -0.4 is 5.73 Å². The number of rotatable bonds is 3. The molecule has 1 aromatic heterocycles. The molecule has 1 saturated heterocycles. The number of carbonyl (C=O) groups is 2. The fourth-order valence-corrected chi connectivity index (χ4v) is 1.98. The van der Waals surface area contributed by atoms with E-state index >= 15 is 0 Å². The summed E-state index contributed by atoms with van der Waals surface area (Å²) >= 11 is 0. The van der Waals surface area contributed by atoms with Gasteiger partial charge < -0.3 is 5.73 Å². The zero-order valence-electron chi connectivity index (χ0n) is 9.80. The summed E-state index contributed by atoms with van der Waals surface area (Å²) in [6.07, 6.45) is 2.64. The van der Waals surface area contributed by atoms with Crippen LogP contribution in [0.5, 0.6) is 0 Å². The van der Waals surface area contributed by atoms with Gasteiger partial charge in [-0.2, -0.15) is 5.10 Å². The minimum absolute atomic E-state index is 0.0890. The lowest BCUT2D eigenvalue weighted by Gasteiger charge is -2.28. The maximum Gasteiger partial charge on any atom is 0.229 e. The highest BCUT2D eigenvalue weighted by Crippen LogP contribution is 2.18. The van der Waals surface area contributed by atoms with Crippen molar-refractivity contribution in [2.45, 2.75) is 26.3 Å². The van der Waals surface area contributed by atoms with E-state index < -0.39 is 0 Å². The highest BCUT2D eigenvalue weighted by atomic mass is 16.2. The molecule has 1 aromatic rings. The number of imide groups is 1. The van der Waals surface area contributed by atoms with Gasteiger partial charge in [0.1, 0.15) is 5.82 Å². The highest BCUT2D eigenvalue weighted by molar-refractivity contribution is 5.97. The predicted molar refractivity (Wildman–Crippen MR) is 61.8 cm³/mol. The minimum atomic E-state index is -0.0890. The molecule has 0 saturated carbocycles. The van der Waals surface area contributed by atoms with Crippen LogP contribution in [-0.2, 0) is 16.1 Å². The molecule has 0 atom stereocenters. The summed E-state index contributed by atoms with van der Waals surface area (Å²) in [6, 6.07) is 1.68. The van der Waals surface area contributed by atoms with Crippen LogP contribution in [-0.4, -0.2) is 33.0 Å². The molecule has 92 valence electrons. The molecular formula is C11H16N4O2. The fourth-order valence-electron chi connectivity index (χ4n) is 1.98. The van der Waals surface area contributed by atoms with Crippen LogP contribution in [0.4, 0.5) is 5.82 Å². The number of nitrogens with two attached hydrogens (primary N) is 1. The number of hydrogen-bond acceptors (Lipinski definition) is 4. The number of likely N-dealkylation sites (tertiary alicyclic amines) is 1. The number of aromatic nitrogens is 2. The van der Waals surface area contributed by atoms with E-state index in [2.05, 4.69) is 5.10 Å². The average molecular weight is 236 g/mol. The Morgan fingerprint density at radius 1 is 1.35 bits per heavy atom. The van der Waals surface area contributed by atoms with Gasteiger partial charge in [-0.1, -0.05) is 6.92 Å². The molecule has 0 unspecified atom stereocenters. The van der Waals surface area contributed by atoms with Gasteiger partial charge in [-0.05, 0) is 12.0 Å². The molecule has 2 N–H and O–H groups in total. The van der Waals surface area contributed by atoms with Gasteiger partial charge in [-0.15, -0.1) is 0 Å². The zero-order chi connectivity index (χ0) is 12.4. The maximum atomic E-state index is 11.7. The monoisotopic (exact) mass is 236 g/mol. The first-order valence-corrected chi connectivity index (χ1v) is 5.68. The van der Waals surface area contributed by atoms with Crippen LogP contribution in [0.1, 0.15) is 19.8 Å². The first-order valence-electron chi connectivity index (χ1n) is 5.68. The Morgan fingerprint density at radius 3 is 2.53 bits per heavy atom. The van der Waals surface area contributed by atoms with Gasteiger partial charge in [0.2, 0.25) is 11.8 Å². The minimum Gasteiger partial charge on any atom is -0.382 e. The highest BCUT2D eigenvalue weighted by Gasteiger charge is 2.29. The molecular weight excluding hydrogens is 220 g/mol. The fraction of sp³-hybridized carbons (Fsp3) is 0.545. The predicted octanol–water partition coefficient (Wildman–Crippen LogP) is 0.250. The molecule has 0 spiro atoms. The van der Waals surface area contributed by atoms with Crippen molar-refractivity contribution in [3.8, 4) is 0 Å². The third-order valence-corrected chi connectivity index (χ3v) is 2.86. The molecule has 0 radical (unpaired) electrons. The van der Waals surface area contributed by atoms with Crippen LogP contribution in [0, 0.1) is 5.92 Å². The third kappa shape index (κ3) is 2.64. The number of carbonyl (C=O) groups excluding carboxylic acids is 2. The Bertz CT molecular complexity index is 422. The van der Waals surface area contributed by atoms with E-state index in [4.69, 9.17) is 5.73 Å². The number of amides is 2. The summed E-state index contributed by atoms with van der Waals surface area (Å²) in [5.74, 6) is 0.421. The smallest absolute Gasteiger partial charge is 0.229 e. The van der Waals surface area contributed by atoms with E-state index in [9.17, 15) is 9.59 Å². The number of hydrogen-bond donors (Lipinski definition) is 1.